The van der Waals surface area contributed by atoms with E-state index in [9.17, 15) is 0 Å². The van der Waals surface area contributed by atoms with Gasteiger partial charge in [0, 0.05) is 18.5 Å². The molecule has 0 radical (unpaired) electrons. The lowest BCUT2D eigenvalue weighted by molar-refractivity contribution is 0.1000. The maximum atomic E-state index is 5.89. The van der Waals surface area contributed by atoms with E-state index >= 15 is 0 Å². The van der Waals surface area contributed by atoms with Gasteiger partial charge < -0.3 is 4.74 Å². The molecule has 1 aliphatic heterocycles. The highest BCUT2D eigenvalue weighted by Gasteiger charge is 2.18. The van der Waals surface area contributed by atoms with Gasteiger partial charge in [0.1, 0.15) is 5.03 Å². The van der Waals surface area contributed by atoms with Crippen molar-refractivity contribution in [2.75, 3.05) is 13.2 Å². The number of fused-ring (bicyclic) bond motifs is 1. The second-order valence-electron chi connectivity index (χ2n) is 3.86. The molecule has 0 atom stereocenters. The number of rotatable bonds is 2. The molecule has 17 heavy (non-hydrogen) atoms. The highest BCUT2D eigenvalue weighted by molar-refractivity contribution is 8.00. The molecule has 7 heteroatoms. The SMILES string of the molecule is Clc1nc(SC2CCOCC2)c2cn[nH]c2n1. The Hall–Kier alpha value is -0.850. The van der Waals surface area contributed by atoms with Crippen molar-refractivity contribution >= 4 is 34.4 Å². The van der Waals surface area contributed by atoms with Gasteiger partial charge in [-0.1, -0.05) is 0 Å². The van der Waals surface area contributed by atoms with Crippen molar-refractivity contribution in [1.29, 1.82) is 0 Å². The second kappa shape index (κ2) is 4.80. The number of nitrogens with zero attached hydrogens (tertiary/aromatic N) is 3. The van der Waals surface area contributed by atoms with E-state index in [0.29, 0.717) is 10.9 Å². The molecule has 3 heterocycles. The Morgan fingerprint density at radius 1 is 1.35 bits per heavy atom. The average molecular weight is 271 g/mol. The van der Waals surface area contributed by atoms with Crippen LogP contribution in [0.1, 0.15) is 12.8 Å². The number of H-pyrrole nitrogens is 1. The first-order valence-corrected chi connectivity index (χ1v) is 6.70. The molecule has 0 amide bonds. The van der Waals surface area contributed by atoms with Gasteiger partial charge >= 0.3 is 0 Å². The Labute approximate surface area is 107 Å². The minimum Gasteiger partial charge on any atom is -0.381 e. The van der Waals surface area contributed by atoms with E-state index in [1.807, 2.05) is 0 Å². The molecule has 90 valence electrons. The van der Waals surface area contributed by atoms with Gasteiger partial charge in [0.25, 0.3) is 0 Å². The summed E-state index contributed by atoms with van der Waals surface area (Å²) >= 11 is 7.63. The molecule has 2 aromatic rings. The Balaban J connectivity index is 1.90. The zero-order valence-corrected chi connectivity index (χ0v) is 10.6. The maximum Gasteiger partial charge on any atom is 0.225 e. The second-order valence-corrected chi connectivity index (χ2v) is 5.49. The van der Waals surface area contributed by atoms with Crippen LogP contribution in [0.2, 0.25) is 5.28 Å². The van der Waals surface area contributed by atoms with Crippen LogP contribution in [-0.2, 0) is 4.74 Å². The van der Waals surface area contributed by atoms with Crippen molar-refractivity contribution in [2.45, 2.75) is 23.1 Å². The topological polar surface area (TPSA) is 63.7 Å². The summed E-state index contributed by atoms with van der Waals surface area (Å²) in [5, 5.41) is 9.42. The van der Waals surface area contributed by atoms with Crippen molar-refractivity contribution < 1.29 is 4.74 Å². The quantitative estimate of drug-likeness (QED) is 0.670. The molecule has 0 unspecified atom stereocenters. The van der Waals surface area contributed by atoms with Gasteiger partial charge in [0.15, 0.2) is 5.65 Å². The number of halogens is 1. The monoisotopic (exact) mass is 270 g/mol. The Morgan fingerprint density at radius 2 is 2.18 bits per heavy atom. The van der Waals surface area contributed by atoms with Gasteiger partial charge in [-0.05, 0) is 24.4 Å². The van der Waals surface area contributed by atoms with Crippen molar-refractivity contribution in [3.63, 3.8) is 0 Å². The van der Waals surface area contributed by atoms with E-state index in [2.05, 4.69) is 20.2 Å². The lowest BCUT2D eigenvalue weighted by atomic mass is 10.2. The molecule has 0 bridgehead atoms. The van der Waals surface area contributed by atoms with Gasteiger partial charge in [-0.2, -0.15) is 10.1 Å². The minimum atomic E-state index is 0.260. The van der Waals surface area contributed by atoms with Gasteiger partial charge in [0.2, 0.25) is 5.28 Å². The first-order valence-electron chi connectivity index (χ1n) is 5.44. The third-order valence-electron chi connectivity index (χ3n) is 2.69. The van der Waals surface area contributed by atoms with Crippen molar-refractivity contribution in [2.24, 2.45) is 0 Å². The van der Waals surface area contributed by atoms with Crippen LogP contribution in [0.5, 0.6) is 0 Å². The van der Waals surface area contributed by atoms with E-state index in [0.717, 1.165) is 36.5 Å². The van der Waals surface area contributed by atoms with Crippen LogP contribution in [0, 0.1) is 0 Å². The highest BCUT2D eigenvalue weighted by atomic mass is 35.5. The van der Waals surface area contributed by atoms with Crippen LogP contribution in [0.15, 0.2) is 11.2 Å². The van der Waals surface area contributed by atoms with Gasteiger partial charge in [-0.25, -0.2) is 4.98 Å². The molecule has 5 nitrogen and oxygen atoms in total. The number of aromatic amines is 1. The first-order chi connectivity index (χ1) is 8.33. The zero-order chi connectivity index (χ0) is 11.7. The standard InChI is InChI=1S/C10H11ClN4OS/c11-10-13-8-7(5-12-15-8)9(14-10)17-6-1-3-16-4-2-6/h5-6H,1-4H2,(H,12,13,14,15). The van der Waals surface area contributed by atoms with Gasteiger partial charge in [-0.15, -0.1) is 11.8 Å². The number of hydrogen-bond acceptors (Lipinski definition) is 5. The molecule has 1 fully saturated rings. The van der Waals surface area contributed by atoms with E-state index in [1.165, 1.54) is 0 Å². The third-order valence-corrected chi connectivity index (χ3v) is 4.20. The van der Waals surface area contributed by atoms with Crippen LogP contribution in [0.3, 0.4) is 0 Å². The summed E-state index contributed by atoms with van der Waals surface area (Å²) in [6.07, 6.45) is 3.84. The number of nitrogens with one attached hydrogen (secondary N) is 1. The molecule has 3 rings (SSSR count). The molecule has 0 aromatic carbocycles. The van der Waals surface area contributed by atoms with Gasteiger partial charge in [0.05, 0.1) is 11.6 Å². The minimum absolute atomic E-state index is 0.260. The number of aromatic nitrogens is 4. The lowest BCUT2D eigenvalue weighted by Gasteiger charge is -2.21. The summed E-state index contributed by atoms with van der Waals surface area (Å²) in [5.74, 6) is 0. The average Bonchev–Trinajstić information content (AvgIpc) is 2.78. The summed E-state index contributed by atoms with van der Waals surface area (Å²) in [7, 11) is 0. The zero-order valence-electron chi connectivity index (χ0n) is 9.02. The van der Waals surface area contributed by atoms with E-state index in [-0.39, 0.29) is 5.28 Å². The molecule has 0 spiro atoms. The van der Waals surface area contributed by atoms with Gasteiger partial charge in [-0.3, -0.25) is 5.10 Å². The normalized spacial score (nSPS) is 17.7. The summed E-state index contributed by atoms with van der Waals surface area (Å²) < 4.78 is 5.34. The summed E-state index contributed by atoms with van der Waals surface area (Å²) in [4.78, 5) is 8.37. The van der Waals surface area contributed by atoms with Crippen molar-refractivity contribution in [1.82, 2.24) is 20.2 Å². The highest BCUT2D eigenvalue weighted by Crippen LogP contribution is 2.32. The van der Waals surface area contributed by atoms with Crippen molar-refractivity contribution in [3.05, 3.63) is 11.5 Å². The van der Waals surface area contributed by atoms with Crippen LogP contribution in [0.4, 0.5) is 0 Å². The number of hydrogen-bond donors (Lipinski definition) is 1. The van der Waals surface area contributed by atoms with Crippen molar-refractivity contribution in [3.8, 4) is 0 Å². The molecule has 1 aliphatic rings. The molecular weight excluding hydrogens is 260 g/mol. The molecule has 1 saturated heterocycles. The third kappa shape index (κ3) is 2.38. The molecular formula is C10H11ClN4OS. The van der Waals surface area contributed by atoms with E-state index in [4.69, 9.17) is 16.3 Å². The Kier molecular flexibility index (Phi) is 3.17. The predicted octanol–water partition coefficient (Wildman–Crippen LogP) is 2.28. The molecule has 0 saturated carbocycles. The molecule has 1 N–H and O–H groups in total. The van der Waals surface area contributed by atoms with E-state index < -0.39 is 0 Å². The lowest BCUT2D eigenvalue weighted by Crippen LogP contribution is -2.17. The Bertz CT molecular complexity index is 526. The fraction of sp³-hybridized carbons (Fsp3) is 0.500. The number of thioether (sulfide) groups is 1. The largest absolute Gasteiger partial charge is 0.381 e. The summed E-state index contributed by atoms with van der Waals surface area (Å²) in [5.41, 5.74) is 0.694. The summed E-state index contributed by atoms with van der Waals surface area (Å²) in [6, 6.07) is 0. The first kappa shape index (κ1) is 11.3. The number of ether oxygens (including phenoxy) is 1. The van der Waals surface area contributed by atoms with Crippen LogP contribution >= 0.6 is 23.4 Å². The van der Waals surface area contributed by atoms with Crippen LogP contribution < -0.4 is 0 Å². The Morgan fingerprint density at radius 3 is 3.00 bits per heavy atom. The van der Waals surface area contributed by atoms with Crippen LogP contribution in [0.25, 0.3) is 11.0 Å². The summed E-state index contributed by atoms with van der Waals surface area (Å²) in [6.45, 7) is 1.65. The smallest absolute Gasteiger partial charge is 0.225 e. The predicted molar refractivity (Wildman–Crippen MR) is 66.4 cm³/mol. The van der Waals surface area contributed by atoms with E-state index in [1.54, 1.807) is 18.0 Å². The fourth-order valence-electron chi connectivity index (χ4n) is 1.82. The molecule has 2 aromatic heterocycles. The van der Waals surface area contributed by atoms with Crippen LogP contribution in [-0.4, -0.2) is 38.6 Å². The maximum absolute atomic E-state index is 5.89. The fourth-order valence-corrected chi connectivity index (χ4v) is 3.20. The molecule has 0 aliphatic carbocycles.